The van der Waals surface area contributed by atoms with Gasteiger partial charge >= 0.3 is 5.97 Å². The average molecular weight is 390 g/mol. The van der Waals surface area contributed by atoms with E-state index in [4.69, 9.17) is 9.52 Å². The Morgan fingerprint density at radius 3 is 2.77 bits per heavy atom. The van der Waals surface area contributed by atoms with Crippen LogP contribution in [0.2, 0.25) is 0 Å². The van der Waals surface area contributed by atoms with Crippen molar-refractivity contribution in [2.75, 3.05) is 6.54 Å². The van der Waals surface area contributed by atoms with Crippen molar-refractivity contribution in [3.8, 4) is 10.6 Å². The van der Waals surface area contributed by atoms with Crippen LogP contribution in [-0.4, -0.2) is 28.5 Å². The fourth-order valence-corrected chi connectivity index (χ4v) is 4.15. The molecule has 3 aromatic rings. The van der Waals surface area contributed by atoms with Gasteiger partial charge in [0.05, 0.1) is 15.6 Å². The first-order chi connectivity index (χ1) is 12.5. The highest BCUT2D eigenvalue weighted by Gasteiger charge is 2.19. The summed E-state index contributed by atoms with van der Waals surface area (Å²) in [6, 6.07) is 5.35. The normalized spacial score (nSPS) is 10.8. The molecule has 26 heavy (non-hydrogen) atoms. The second-order valence-corrected chi connectivity index (χ2v) is 7.86. The van der Waals surface area contributed by atoms with Gasteiger partial charge < -0.3 is 14.8 Å². The Morgan fingerprint density at radius 2 is 2.15 bits per heavy atom. The number of thiazole rings is 1. The molecular weight excluding hydrogens is 372 g/mol. The lowest BCUT2D eigenvalue weighted by Crippen LogP contribution is -2.25. The van der Waals surface area contributed by atoms with E-state index in [9.17, 15) is 9.59 Å². The van der Waals surface area contributed by atoms with Gasteiger partial charge in [0.1, 0.15) is 11.3 Å². The fourth-order valence-electron chi connectivity index (χ4n) is 2.50. The number of hydrogen-bond acceptors (Lipinski definition) is 6. The summed E-state index contributed by atoms with van der Waals surface area (Å²) in [4.78, 5) is 30.0. The quantitative estimate of drug-likeness (QED) is 0.636. The van der Waals surface area contributed by atoms with Crippen molar-refractivity contribution < 1.29 is 19.1 Å². The number of carbonyl (C=O) groups excluding carboxylic acids is 1. The molecule has 0 aliphatic rings. The molecular formula is C18H18N2O4S2. The largest absolute Gasteiger partial charge is 0.478 e. The molecule has 0 unspecified atom stereocenters. The molecule has 0 fully saturated rings. The SMILES string of the molecule is CCc1oc(C(=O)NCCc2ccc(-c3csc(C)n3)s2)cc1C(=O)O. The van der Waals surface area contributed by atoms with E-state index < -0.39 is 11.9 Å². The van der Waals surface area contributed by atoms with Crippen LogP contribution < -0.4 is 5.32 Å². The third-order valence-electron chi connectivity index (χ3n) is 3.77. The monoisotopic (exact) mass is 390 g/mol. The number of carboxylic acid groups (broad SMARTS) is 1. The van der Waals surface area contributed by atoms with Crippen LogP contribution in [0.3, 0.4) is 0 Å². The van der Waals surface area contributed by atoms with Gasteiger partial charge in [0.2, 0.25) is 0 Å². The van der Waals surface area contributed by atoms with Crippen LogP contribution in [0, 0.1) is 6.92 Å². The Balaban J connectivity index is 1.57. The predicted molar refractivity (Wildman–Crippen MR) is 101 cm³/mol. The Kier molecular flexibility index (Phi) is 5.53. The van der Waals surface area contributed by atoms with E-state index in [1.54, 1.807) is 29.6 Å². The molecule has 0 aromatic carbocycles. The molecule has 2 N–H and O–H groups in total. The number of nitrogens with one attached hydrogen (secondary N) is 1. The van der Waals surface area contributed by atoms with E-state index in [0.717, 1.165) is 20.5 Å². The predicted octanol–water partition coefficient (Wildman–Crippen LogP) is 4.01. The van der Waals surface area contributed by atoms with Gasteiger partial charge in [0.25, 0.3) is 5.91 Å². The van der Waals surface area contributed by atoms with Crippen molar-refractivity contribution in [1.29, 1.82) is 0 Å². The number of thiophene rings is 1. The molecule has 6 nitrogen and oxygen atoms in total. The summed E-state index contributed by atoms with van der Waals surface area (Å²) in [6.07, 6.45) is 1.11. The van der Waals surface area contributed by atoms with Crippen LogP contribution in [-0.2, 0) is 12.8 Å². The highest BCUT2D eigenvalue weighted by molar-refractivity contribution is 7.16. The van der Waals surface area contributed by atoms with Gasteiger partial charge in [-0.3, -0.25) is 4.79 Å². The summed E-state index contributed by atoms with van der Waals surface area (Å²) in [6.45, 7) is 4.21. The molecule has 8 heteroatoms. The first-order valence-electron chi connectivity index (χ1n) is 8.13. The zero-order chi connectivity index (χ0) is 18.7. The van der Waals surface area contributed by atoms with Crippen LogP contribution in [0.15, 0.2) is 28.0 Å². The van der Waals surface area contributed by atoms with Crippen molar-refractivity contribution in [2.24, 2.45) is 0 Å². The maximum Gasteiger partial charge on any atom is 0.339 e. The standard InChI is InChI=1S/C18H18N2O4S2/c1-3-14-12(18(22)23)8-15(24-14)17(21)19-7-6-11-4-5-16(26-11)13-9-25-10(2)20-13/h4-5,8-9H,3,6-7H2,1-2H3,(H,19,21)(H,22,23). The number of hydrogen-bond donors (Lipinski definition) is 2. The lowest BCUT2D eigenvalue weighted by molar-refractivity contribution is 0.0694. The topological polar surface area (TPSA) is 92.4 Å². The second kappa shape index (κ2) is 7.84. The molecule has 136 valence electrons. The van der Waals surface area contributed by atoms with Crippen molar-refractivity contribution >= 4 is 34.6 Å². The minimum atomic E-state index is -1.09. The van der Waals surface area contributed by atoms with Crippen LogP contribution in [0.4, 0.5) is 0 Å². The maximum atomic E-state index is 12.2. The molecule has 0 aliphatic heterocycles. The Labute approximate surface area is 158 Å². The van der Waals surface area contributed by atoms with Crippen molar-refractivity contribution in [3.63, 3.8) is 0 Å². The molecule has 0 spiro atoms. The number of amides is 1. The van der Waals surface area contributed by atoms with E-state index >= 15 is 0 Å². The maximum absolute atomic E-state index is 12.2. The van der Waals surface area contributed by atoms with Gasteiger partial charge in [-0.05, 0) is 25.5 Å². The van der Waals surface area contributed by atoms with Gasteiger partial charge in [-0.2, -0.15) is 0 Å². The fraction of sp³-hybridized carbons (Fsp3) is 0.278. The summed E-state index contributed by atoms with van der Waals surface area (Å²) in [5.74, 6) is -1.15. The molecule has 1 amide bonds. The van der Waals surface area contributed by atoms with Crippen LogP contribution in [0.25, 0.3) is 10.6 Å². The average Bonchev–Trinajstić information content (AvgIpc) is 3.33. The number of furan rings is 1. The number of carbonyl (C=O) groups is 2. The highest BCUT2D eigenvalue weighted by atomic mass is 32.1. The molecule has 0 saturated carbocycles. The van der Waals surface area contributed by atoms with Crippen LogP contribution in [0.5, 0.6) is 0 Å². The lowest BCUT2D eigenvalue weighted by atomic mass is 10.2. The third-order valence-corrected chi connectivity index (χ3v) is 5.72. The number of aromatic nitrogens is 1. The van der Waals surface area contributed by atoms with E-state index in [1.165, 1.54) is 6.07 Å². The van der Waals surface area contributed by atoms with Gasteiger partial charge in [0.15, 0.2) is 5.76 Å². The molecule has 3 heterocycles. The zero-order valence-corrected chi connectivity index (χ0v) is 16.0. The first-order valence-corrected chi connectivity index (χ1v) is 9.83. The molecule has 0 aliphatic carbocycles. The number of aromatic carboxylic acids is 1. The molecule has 0 atom stereocenters. The van der Waals surface area contributed by atoms with Crippen molar-refractivity contribution in [1.82, 2.24) is 10.3 Å². The summed E-state index contributed by atoms with van der Waals surface area (Å²) in [5.41, 5.74) is 1.02. The number of nitrogens with zero attached hydrogens (tertiary/aromatic N) is 1. The Bertz CT molecular complexity index is 939. The van der Waals surface area contributed by atoms with Gasteiger partial charge in [-0.15, -0.1) is 22.7 Å². The van der Waals surface area contributed by atoms with Crippen molar-refractivity contribution in [3.05, 3.63) is 50.5 Å². The Hall–Kier alpha value is -2.45. The molecule has 3 aromatic heterocycles. The van der Waals surface area contributed by atoms with Gasteiger partial charge in [0, 0.05) is 29.3 Å². The second-order valence-electron chi connectivity index (χ2n) is 5.63. The molecule has 0 saturated heterocycles. The summed E-state index contributed by atoms with van der Waals surface area (Å²) < 4.78 is 5.36. The van der Waals surface area contributed by atoms with Crippen LogP contribution >= 0.6 is 22.7 Å². The summed E-state index contributed by atoms with van der Waals surface area (Å²) >= 11 is 3.27. The van der Waals surface area contributed by atoms with E-state index in [2.05, 4.69) is 10.3 Å². The summed E-state index contributed by atoms with van der Waals surface area (Å²) in [5, 5.41) is 15.0. The van der Waals surface area contributed by atoms with E-state index in [0.29, 0.717) is 25.1 Å². The molecule has 0 bridgehead atoms. The van der Waals surface area contributed by atoms with E-state index in [-0.39, 0.29) is 11.3 Å². The Morgan fingerprint density at radius 1 is 1.35 bits per heavy atom. The van der Waals surface area contributed by atoms with Crippen molar-refractivity contribution in [2.45, 2.75) is 26.7 Å². The number of rotatable bonds is 7. The summed E-state index contributed by atoms with van der Waals surface area (Å²) in [7, 11) is 0. The molecule has 0 radical (unpaired) electrons. The zero-order valence-electron chi connectivity index (χ0n) is 14.4. The molecule has 3 rings (SSSR count). The minimum Gasteiger partial charge on any atom is -0.478 e. The minimum absolute atomic E-state index is 0.0315. The van der Waals surface area contributed by atoms with E-state index in [1.807, 2.05) is 24.4 Å². The van der Waals surface area contributed by atoms with Gasteiger partial charge in [-0.1, -0.05) is 6.92 Å². The third kappa shape index (κ3) is 4.03. The van der Waals surface area contributed by atoms with Gasteiger partial charge in [-0.25, -0.2) is 9.78 Å². The highest BCUT2D eigenvalue weighted by Crippen LogP contribution is 2.29. The number of carboxylic acids is 1. The first kappa shape index (κ1) is 18.3. The number of aryl methyl sites for hydroxylation is 2. The smallest absolute Gasteiger partial charge is 0.339 e. The van der Waals surface area contributed by atoms with Crippen LogP contribution in [0.1, 0.15) is 43.5 Å². The lowest BCUT2D eigenvalue weighted by Gasteiger charge is -2.01.